The lowest BCUT2D eigenvalue weighted by atomic mass is 10.1. The number of carbonyl (C=O) groups is 1. The molecule has 3 aromatic rings. The predicted molar refractivity (Wildman–Crippen MR) is 95.0 cm³/mol. The average Bonchev–Trinajstić information content (AvgIpc) is 3.28. The Morgan fingerprint density at radius 2 is 1.88 bits per heavy atom. The van der Waals surface area contributed by atoms with Gasteiger partial charge in [0.2, 0.25) is 6.79 Å². The van der Waals surface area contributed by atoms with Crippen LogP contribution >= 0.6 is 11.6 Å². The van der Waals surface area contributed by atoms with E-state index in [1.165, 1.54) is 6.08 Å². The number of ketones is 1. The molecular weight excluding hydrogens is 340 g/mol. The molecule has 0 fully saturated rings. The van der Waals surface area contributed by atoms with Crippen LogP contribution < -0.4 is 9.47 Å². The van der Waals surface area contributed by atoms with E-state index in [0.717, 1.165) is 22.7 Å². The number of carbonyl (C=O) groups excluding carboxylic acids is 1. The first kappa shape index (κ1) is 15.5. The third kappa shape index (κ3) is 3.27. The van der Waals surface area contributed by atoms with Gasteiger partial charge in [0.1, 0.15) is 0 Å². The van der Waals surface area contributed by atoms with Crippen LogP contribution in [0.5, 0.6) is 11.5 Å². The highest BCUT2D eigenvalue weighted by Crippen LogP contribution is 2.35. The molecule has 0 spiro atoms. The second kappa shape index (κ2) is 6.45. The molecule has 25 heavy (non-hydrogen) atoms. The third-order valence-corrected chi connectivity index (χ3v) is 4.06. The molecule has 1 N–H and O–H groups in total. The quantitative estimate of drug-likeness (QED) is 0.560. The van der Waals surface area contributed by atoms with Gasteiger partial charge in [0.05, 0.1) is 11.4 Å². The van der Waals surface area contributed by atoms with Gasteiger partial charge in [-0.25, -0.2) is 0 Å². The van der Waals surface area contributed by atoms with E-state index < -0.39 is 0 Å². The molecule has 0 bridgehead atoms. The van der Waals surface area contributed by atoms with Crippen LogP contribution in [0.3, 0.4) is 0 Å². The minimum absolute atomic E-state index is 0.101. The lowest BCUT2D eigenvalue weighted by molar-refractivity contribution is 0.104. The van der Waals surface area contributed by atoms with Gasteiger partial charge in [-0.05, 0) is 60.7 Å². The van der Waals surface area contributed by atoms with E-state index in [2.05, 4.69) is 10.2 Å². The minimum Gasteiger partial charge on any atom is -0.454 e. The molecule has 0 amide bonds. The largest absolute Gasteiger partial charge is 0.454 e. The molecule has 2 heterocycles. The van der Waals surface area contributed by atoms with E-state index in [0.29, 0.717) is 16.3 Å². The van der Waals surface area contributed by atoms with Crippen LogP contribution in [0, 0.1) is 0 Å². The van der Waals surface area contributed by atoms with Crippen LogP contribution in [0.4, 0.5) is 0 Å². The highest BCUT2D eigenvalue weighted by molar-refractivity contribution is 6.30. The molecule has 4 rings (SSSR count). The molecule has 1 aromatic heterocycles. The Morgan fingerprint density at radius 1 is 1.08 bits per heavy atom. The standard InChI is InChI=1S/C19H13ClN2O3/c20-14-4-1-12(2-5-14)17(23)7-6-15-10-16(22-21-15)13-3-8-18-19(9-13)25-11-24-18/h1-10H,11H2,(H,21,22)/b7-6+. The fourth-order valence-corrected chi connectivity index (χ4v) is 2.63. The van der Waals surface area contributed by atoms with E-state index in [4.69, 9.17) is 21.1 Å². The van der Waals surface area contributed by atoms with Crippen molar-refractivity contribution in [3.8, 4) is 22.8 Å². The molecule has 0 saturated heterocycles. The number of rotatable bonds is 4. The van der Waals surface area contributed by atoms with E-state index in [1.54, 1.807) is 30.3 Å². The number of ether oxygens (including phenoxy) is 2. The fourth-order valence-electron chi connectivity index (χ4n) is 2.50. The topological polar surface area (TPSA) is 64.2 Å². The molecule has 124 valence electrons. The summed E-state index contributed by atoms with van der Waals surface area (Å²) in [6, 6.07) is 14.3. The van der Waals surface area contributed by atoms with E-state index >= 15 is 0 Å². The number of nitrogens with one attached hydrogen (secondary N) is 1. The van der Waals surface area contributed by atoms with Gasteiger partial charge >= 0.3 is 0 Å². The number of hydrogen-bond donors (Lipinski definition) is 1. The number of hydrogen-bond acceptors (Lipinski definition) is 4. The van der Waals surface area contributed by atoms with Crippen LogP contribution in [0.25, 0.3) is 17.3 Å². The van der Waals surface area contributed by atoms with Gasteiger partial charge in [-0.2, -0.15) is 5.10 Å². The van der Waals surface area contributed by atoms with Crippen molar-refractivity contribution in [3.63, 3.8) is 0 Å². The molecule has 0 radical (unpaired) electrons. The van der Waals surface area contributed by atoms with Gasteiger partial charge in [0, 0.05) is 16.1 Å². The summed E-state index contributed by atoms with van der Waals surface area (Å²) in [5.41, 5.74) is 2.98. The maximum atomic E-state index is 12.1. The smallest absolute Gasteiger partial charge is 0.231 e. The maximum absolute atomic E-state index is 12.1. The monoisotopic (exact) mass is 352 g/mol. The lowest BCUT2D eigenvalue weighted by Gasteiger charge is -1.98. The van der Waals surface area contributed by atoms with Gasteiger partial charge in [-0.1, -0.05) is 11.6 Å². The molecule has 0 saturated carbocycles. The first-order valence-electron chi connectivity index (χ1n) is 7.62. The van der Waals surface area contributed by atoms with Gasteiger partial charge in [0.25, 0.3) is 0 Å². The minimum atomic E-state index is -0.101. The summed E-state index contributed by atoms with van der Waals surface area (Å²) in [5.74, 6) is 1.33. The van der Waals surface area contributed by atoms with Gasteiger partial charge < -0.3 is 9.47 Å². The number of aromatic amines is 1. The molecule has 1 aliphatic rings. The van der Waals surface area contributed by atoms with Crippen LogP contribution in [0.15, 0.2) is 54.6 Å². The number of halogens is 1. The SMILES string of the molecule is O=C(/C=C/c1cc(-c2ccc3c(c2)OCO3)n[nH]1)c1ccc(Cl)cc1. The molecule has 0 aliphatic carbocycles. The van der Waals surface area contributed by atoms with Crippen molar-refractivity contribution in [1.82, 2.24) is 10.2 Å². The average molecular weight is 353 g/mol. The summed E-state index contributed by atoms with van der Waals surface area (Å²) in [5, 5.41) is 7.78. The van der Waals surface area contributed by atoms with Crippen molar-refractivity contribution in [2.45, 2.75) is 0 Å². The van der Waals surface area contributed by atoms with Crippen LogP contribution in [0.1, 0.15) is 16.1 Å². The normalized spacial score (nSPS) is 12.7. The zero-order chi connectivity index (χ0) is 17.2. The van der Waals surface area contributed by atoms with Crippen molar-refractivity contribution in [2.24, 2.45) is 0 Å². The van der Waals surface area contributed by atoms with E-state index in [1.807, 2.05) is 24.3 Å². The second-order valence-corrected chi connectivity index (χ2v) is 5.92. The Labute approximate surface area is 148 Å². The summed E-state index contributed by atoms with van der Waals surface area (Å²) in [7, 11) is 0. The molecular formula is C19H13ClN2O3. The van der Waals surface area contributed by atoms with Gasteiger partial charge in [-0.15, -0.1) is 0 Å². The van der Waals surface area contributed by atoms with Gasteiger partial charge in [0.15, 0.2) is 17.3 Å². The van der Waals surface area contributed by atoms with Crippen LogP contribution in [-0.2, 0) is 0 Å². The van der Waals surface area contributed by atoms with Crippen molar-refractivity contribution < 1.29 is 14.3 Å². The van der Waals surface area contributed by atoms with Crippen molar-refractivity contribution in [1.29, 1.82) is 0 Å². The number of fused-ring (bicyclic) bond motifs is 1. The first-order chi connectivity index (χ1) is 12.2. The van der Waals surface area contributed by atoms with Crippen molar-refractivity contribution in [3.05, 3.63) is 70.9 Å². The molecule has 5 nitrogen and oxygen atoms in total. The van der Waals surface area contributed by atoms with Gasteiger partial charge in [-0.3, -0.25) is 9.89 Å². The molecule has 0 unspecified atom stereocenters. The predicted octanol–water partition coefficient (Wildman–Crippen LogP) is 4.35. The Bertz CT molecular complexity index is 961. The summed E-state index contributed by atoms with van der Waals surface area (Å²) in [6.07, 6.45) is 3.20. The molecule has 0 atom stereocenters. The number of aromatic nitrogens is 2. The first-order valence-corrected chi connectivity index (χ1v) is 8.00. The summed E-state index contributed by atoms with van der Waals surface area (Å²) >= 11 is 5.83. The van der Waals surface area contributed by atoms with E-state index in [-0.39, 0.29) is 12.6 Å². The molecule has 1 aliphatic heterocycles. The number of allylic oxidation sites excluding steroid dienone is 1. The zero-order valence-corrected chi connectivity index (χ0v) is 13.8. The van der Waals surface area contributed by atoms with E-state index in [9.17, 15) is 4.79 Å². The summed E-state index contributed by atoms with van der Waals surface area (Å²) in [4.78, 5) is 12.1. The summed E-state index contributed by atoms with van der Waals surface area (Å²) < 4.78 is 10.7. The van der Waals surface area contributed by atoms with Crippen LogP contribution in [0.2, 0.25) is 5.02 Å². The van der Waals surface area contributed by atoms with Crippen molar-refractivity contribution >= 4 is 23.5 Å². The van der Waals surface area contributed by atoms with Crippen LogP contribution in [-0.4, -0.2) is 22.8 Å². The van der Waals surface area contributed by atoms with Crippen molar-refractivity contribution in [2.75, 3.05) is 6.79 Å². The summed E-state index contributed by atoms with van der Waals surface area (Å²) in [6.45, 7) is 0.236. The Hall–Kier alpha value is -3.05. The number of nitrogens with zero attached hydrogens (tertiary/aromatic N) is 1. The number of H-pyrrole nitrogens is 1. The Balaban J connectivity index is 1.51. The molecule has 2 aromatic carbocycles. The Morgan fingerprint density at radius 3 is 2.72 bits per heavy atom. The highest BCUT2D eigenvalue weighted by Gasteiger charge is 2.14. The maximum Gasteiger partial charge on any atom is 0.231 e. The zero-order valence-electron chi connectivity index (χ0n) is 13.0. The highest BCUT2D eigenvalue weighted by atomic mass is 35.5. The fraction of sp³-hybridized carbons (Fsp3) is 0.0526. The lowest BCUT2D eigenvalue weighted by Crippen LogP contribution is -1.93. The second-order valence-electron chi connectivity index (χ2n) is 5.48. The number of benzene rings is 2. The molecule has 6 heteroatoms. The third-order valence-electron chi connectivity index (χ3n) is 3.81. The Kier molecular flexibility index (Phi) is 3.99.